The van der Waals surface area contributed by atoms with E-state index in [0.717, 1.165) is 0 Å². The van der Waals surface area contributed by atoms with Gasteiger partial charge in [0.2, 0.25) is 0 Å². The van der Waals surface area contributed by atoms with Crippen molar-refractivity contribution in [3.8, 4) is 11.5 Å². The van der Waals surface area contributed by atoms with Gasteiger partial charge >= 0.3 is 5.97 Å². The third-order valence-electron chi connectivity index (χ3n) is 2.90. The molecule has 1 amide bonds. The number of nitrogens with zero attached hydrogens (tertiary/aromatic N) is 1. The van der Waals surface area contributed by atoms with Gasteiger partial charge < -0.3 is 19.5 Å². The average Bonchev–Trinajstić information content (AvgIpc) is 2.46. The first-order valence-corrected chi connectivity index (χ1v) is 6.77. The molecule has 21 heavy (non-hydrogen) atoms. The van der Waals surface area contributed by atoms with Gasteiger partial charge in [0.25, 0.3) is 5.91 Å². The molecule has 0 fully saturated rings. The second-order valence-electron chi connectivity index (χ2n) is 4.68. The van der Waals surface area contributed by atoms with E-state index in [1.807, 2.05) is 13.0 Å². The van der Waals surface area contributed by atoms with E-state index < -0.39 is 11.9 Å². The molecule has 0 aliphatic rings. The Morgan fingerprint density at radius 2 is 1.81 bits per heavy atom. The van der Waals surface area contributed by atoms with Crippen molar-refractivity contribution in [2.45, 2.75) is 13.8 Å². The molecule has 6 heteroatoms. The second-order valence-corrected chi connectivity index (χ2v) is 4.68. The number of ether oxygens (including phenoxy) is 2. The lowest BCUT2D eigenvalue weighted by atomic mass is 10.2. The minimum Gasteiger partial charge on any atom is -0.490 e. The lowest BCUT2D eigenvalue weighted by molar-refractivity contribution is -0.143. The lowest BCUT2D eigenvalue weighted by Crippen LogP contribution is -2.36. The van der Waals surface area contributed by atoms with Gasteiger partial charge in [-0.3, -0.25) is 9.59 Å². The monoisotopic (exact) mass is 295 g/mol. The van der Waals surface area contributed by atoms with Crippen LogP contribution < -0.4 is 9.47 Å². The van der Waals surface area contributed by atoms with Gasteiger partial charge in [-0.1, -0.05) is 19.1 Å². The molecule has 0 bridgehead atoms. The molecule has 1 aromatic carbocycles. The molecule has 0 saturated carbocycles. The molecule has 116 valence electrons. The zero-order chi connectivity index (χ0) is 15.8. The van der Waals surface area contributed by atoms with Gasteiger partial charge in [-0.05, 0) is 19.1 Å². The number of carboxylic acid groups (broad SMARTS) is 1. The molecule has 0 saturated heterocycles. The topological polar surface area (TPSA) is 76.1 Å². The number of aliphatic carboxylic acids is 1. The molecule has 6 nitrogen and oxygen atoms in total. The van der Waals surface area contributed by atoms with Crippen molar-refractivity contribution in [3.63, 3.8) is 0 Å². The van der Waals surface area contributed by atoms with Crippen LogP contribution in [0, 0.1) is 5.92 Å². The van der Waals surface area contributed by atoms with Crippen LogP contribution in [0.4, 0.5) is 0 Å². The Kier molecular flexibility index (Phi) is 6.52. The molecule has 1 rings (SSSR count). The first-order valence-electron chi connectivity index (χ1n) is 6.77. The van der Waals surface area contributed by atoms with Crippen LogP contribution in [0.3, 0.4) is 0 Å². The summed E-state index contributed by atoms with van der Waals surface area (Å²) in [6, 6.07) is 7.09. The van der Waals surface area contributed by atoms with Crippen molar-refractivity contribution < 1.29 is 24.2 Å². The highest BCUT2D eigenvalue weighted by atomic mass is 16.5. The van der Waals surface area contributed by atoms with E-state index in [-0.39, 0.29) is 19.1 Å². The highest BCUT2D eigenvalue weighted by molar-refractivity contribution is 5.78. The number of amides is 1. The van der Waals surface area contributed by atoms with Gasteiger partial charge in [0.05, 0.1) is 12.5 Å². The number of likely N-dealkylation sites (N-methyl/N-ethyl adjacent to an activating group) is 1. The normalized spacial score (nSPS) is 11.6. The van der Waals surface area contributed by atoms with Crippen LogP contribution in [0.5, 0.6) is 11.5 Å². The number of hydrogen-bond acceptors (Lipinski definition) is 4. The summed E-state index contributed by atoms with van der Waals surface area (Å²) >= 11 is 0. The van der Waals surface area contributed by atoms with Crippen molar-refractivity contribution in [1.82, 2.24) is 4.90 Å². The SMILES string of the molecule is CCOc1ccccc1OCC(=O)N(C)CC(C)C(=O)O. The largest absolute Gasteiger partial charge is 0.490 e. The van der Waals surface area contributed by atoms with Crippen LogP contribution in [0.15, 0.2) is 24.3 Å². The number of rotatable bonds is 8. The molecule has 0 aliphatic carbocycles. The summed E-state index contributed by atoms with van der Waals surface area (Å²) in [6.07, 6.45) is 0. The van der Waals surface area contributed by atoms with Crippen LogP contribution in [-0.2, 0) is 9.59 Å². The Balaban J connectivity index is 2.54. The predicted octanol–water partition coefficient (Wildman–Crippen LogP) is 1.64. The van der Waals surface area contributed by atoms with Crippen LogP contribution in [0.25, 0.3) is 0 Å². The van der Waals surface area contributed by atoms with Crippen LogP contribution >= 0.6 is 0 Å². The smallest absolute Gasteiger partial charge is 0.308 e. The lowest BCUT2D eigenvalue weighted by Gasteiger charge is -2.20. The summed E-state index contributed by atoms with van der Waals surface area (Å²) in [6.45, 7) is 3.91. The molecule has 0 spiro atoms. The van der Waals surface area contributed by atoms with Crippen molar-refractivity contribution in [1.29, 1.82) is 0 Å². The van der Waals surface area contributed by atoms with Crippen LogP contribution in [0.1, 0.15) is 13.8 Å². The Hall–Kier alpha value is -2.24. The molecular formula is C15H21NO5. The number of benzene rings is 1. The number of para-hydroxylation sites is 2. The maximum atomic E-state index is 11.9. The summed E-state index contributed by atoms with van der Waals surface area (Å²) in [4.78, 5) is 24.0. The molecule has 0 heterocycles. The van der Waals surface area contributed by atoms with E-state index in [1.165, 1.54) is 4.90 Å². The third-order valence-corrected chi connectivity index (χ3v) is 2.90. The van der Waals surface area contributed by atoms with Crippen LogP contribution in [-0.4, -0.2) is 48.7 Å². The second kappa shape index (κ2) is 8.14. The average molecular weight is 295 g/mol. The number of carbonyl (C=O) groups is 2. The van der Waals surface area contributed by atoms with Crippen molar-refractivity contribution in [3.05, 3.63) is 24.3 Å². The van der Waals surface area contributed by atoms with Crippen molar-refractivity contribution >= 4 is 11.9 Å². The van der Waals surface area contributed by atoms with Gasteiger partial charge in [-0.15, -0.1) is 0 Å². The first kappa shape index (κ1) is 16.8. The molecular weight excluding hydrogens is 274 g/mol. The van der Waals surface area contributed by atoms with E-state index in [9.17, 15) is 9.59 Å². The fourth-order valence-electron chi connectivity index (χ4n) is 1.68. The molecule has 1 atom stereocenters. The standard InChI is InChI=1S/C15H21NO5/c1-4-20-12-7-5-6-8-13(12)21-10-14(17)16(3)9-11(2)15(18)19/h5-8,11H,4,9-10H2,1-3H3,(H,18,19). The number of hydrogen-bond donors (Lipinski definition) is 1. The molecule has 0 aliphatic heterocycles. The van der Waals surface area contributed by atoms with E-state index in [0.29, 0.717) is 18.1 Å². The third kappa shape index (κ3) is 5.33. The summed E-state index contributed by atoms with van der Waals surface area (Å²) in [5, 5.41) is 8.83. The van der Waals surface area contributed by atoms with Crippen molar-refractivity contribution in [2.24, 2.45) is 5.92 Å². The Bertz CT molecular complexity index is 489. The Labute approximate surface area is 124 Å². The number of carbonyl (C=O) groups excluding carboxylic acids is 1. The van der Waals surface area contributed by atoms with Gasteiger partial charge in [0.1, 0.15) is 0 Å². The van der Waals surface area contributed by atoms with Gasteiger partial charge in [0, 0.05) is 13.6 Å². The predicted molar refractivity (Wildman–Crippen MR) is 77.5 cm³/mol. The zero-order valence-corrected chi connectivity index (χ0v) is 12.5. The maximum Gasteiger partial charge on any atom is 0.308 e. The van der Waals surface area contributed by atoms with E-state index in [1.54, 1.807) is 32.2 Å². The fourth-order valence-corrected chi connectivity index (χ4v) is 1.68. The molecule has 1 N–H and O–H groups in total. The minimum atomic E-state index is -0.933. The fraction of sp³-hybridized carbons (Fsp3) is 0.467. The highest BCUT2D eigenvalue weighted by Gasteiger charge is 2.18. The van der Waals surface area contributed by atoms with Crippen LogP contribution in [0.2, 0.25) is 0 Å². The minimum absolute atomic E-state index is 0.143. The highest BCUT2D eigenvalue weighted by Crippen LogP contribution is 2.26. The Morgan fingerprint density at radius 3 is 2.33 bits per heavy atom. The quantitative estimate of drug-likeness (QED) is 0.789. The Morgan fingerprint density at radius 1 is 1.24 bits per heavy atom. The van der Waals surface area contributed by atoms with Gasteiger partial charge in [-0.25, -0.2) is 0 Å². The van der Waals surface area contributed by atoms with Crippen molar-refractivity contribution in [2.75, 3.05) is 26.8 Å². The van der Waals surface area contributed by atoms with Gasteiger partial charge in [-0.2, -0.15) is 0 Å². The molecule has 0 radical (unpaired) electrons. The maximum absolute atomic E-state index is 11.9. The molecule has 0 aromatic heterocycles. The first-order chi connectivity index (χ1) is 9.95. The van der Waals surface area contributed by atoms with E-state index in [4.69, 9.17) is 14.6 Å². The molecule has 1 aromatic rings. The molecule has 1 unspecified atom stereocenters. The zero-order valence-electron chi connectivity index (χ0n) is 12.5. The summed E-state index contributed by atoms with van der Waals surface area (Å²) < 4.78 is 10.8. The summed E-state index contributed by atoms with van der Waals surface area (Å²) in [5.74, 6) is -0.761. The van der Waals surface area contributed by atoms with E-state index >= 15 is 0 Å². The summed E-state index contributed by atoms with van der Waals surface area (Å²) in [5.41, 5.74) is 0. The van der Waals surface area contributed by atoms with E-state index in [2.05, 4.69) is 0 Å². The number of carboxylic acids is 1. The summed E-state index contributed by atoms with van der Waals surface area (Å²) in [7, 11) is 1.56. The van der Waals surface area contributed by atoms with Gasteiger partial charge in [0.15, 0.2) is 18.1 Å².